The van der Waals surface area contributed by atoms with E-state index in [9.17, 15) is 0 Å². The molecule has 3 rings (SSSR count). The van der Waals surface area contributed by atoms with Crippen molar-refractivity contribution in [3.63, 3.8) is 0 Å². The zero-order valence-electron chi connectivity index (χ0n) is 9.90. The summed E-state index contributed by atoms with van der Waals surface area (Å²) in [6, 6.07) is 17.0. The molecule has 1 heteroatoms. The summed E-state index contributed by atoms with van der Waals surface area (Å²) in [6.45, 7) is 6.40. The summed E-state index contributed by atoms with van der Waals surface area (Å²) in [5, 5.41) is 5.15. The molecular formula is C16H13Y-. The Bertz CT molecular complexity index is 566. The Morgan fingerprint density at radius 2 is 1.06 bits per heavy atom. The number of aryl methyl sites for hydroxylation is 1. The van der Waals surface area contributed by atoms with Crippen LogP contribution in [-0.4, -0.2) is 0 Å². The second-order valence-electron chi connectivity index (χ2n) is 4.19. The quantitative estimate of drug-likeness (QED) is 0.423. The van der Waals surface area contributed by atoms with Crippen molar-refractivity contribution >= 4 is 21.5 Å². The van der Waals surface area contributed by atoms with Crippen molar-refractivity contribution in [3.8, 4) is 0 Å². The second kappa shape index (κ2) is 4.80. The van der Waals surface area contributed by atoms with Gasteiger partial charge in [-0.1, -0.05) is 52.7 Å². The van der Waals surface area contributed by atoms with E-state index in [1.807, 2.05) is 0 Å². The third kappa shape index (κ3) is 1.90. The Balaban J connectivity index is 0.00000108. The molecule has 0 nitrogen and oxygen atoms in total. The molecular weight excluding hydrogens is 281 g/mol. The van der Waals surface area contributed by atoms with E-state index < -0.39 is 0 Å². The van der Waals surface area contributed by atoms with Gasteiger partial charge in [0.15, 0.2) is 0 Å². The fraction of sp³-hybridized carbons (Fsp3) is 0.0625. The predicted octanol–water partition coefficient (Wildman–Crippen LogP) is 4.48. The molecule has 0 aliphatic carbocycles. The van der Waals surface area contributed by atoms with Crippen LogP contribution >= 0.6 is 0 Å². The maximum atomic E-state index is 4.22. The number of benzene rings is 3. The number of rotatable bonds is 0. The Morgan fingerprint density at radius 3 is 1.47 bits per heavy atom. The molecule has 0 aliphatic rings. The van der Waals surface area contributed by atoms with Gasteiger partial charge in [-0.05, 0) is 6.92 Å². The SMILES string of the molecule is [CH2-]c1c2ccccc2c(C)c2ccccc12.[Y]. The zero-order valence-corrected chi connectivity index (χ0v) is 12.7. The minimum atomic E-state index is 0. The maximum absolute atomic E-state index is 4.22. The van der Waals surface area contributed by atoms with Crippen LogP contribution in [0.3, 0.4) is 0 Å². The molecule has 0 aliphatic heterocycles. The van der Waals surface area contributed by atoms with Crippen molar-refractivity contribution in [1.29, 1.82) is 0 Å². The van der Waals surface area contributed by atoms with Gasteiger partial charge in [0.05, 0.1) is 0 Å². The molecule has 0 amide bonds. The van der Waals surface area contributed by atoms with Crippen LogP contribution in [0.4, 0.5) is 0 Å². The average molecular weight is 294 g/mol. The largest absolute Gasteiger partial charge is 0.198 e. The van der Waals surface area contributed by atoms with Gasteiger partial charge in [-0.2, -0.15) is 12.5 Å². The van der Waals surface area contributed by atoms with Gasteiger partial charge in [-0.15, -0.1) is 22.9 Å². The van der Waals surface area contributed by atoms with Crippen molar-refractivity contribution in [2.75, 3.05) is 0 Å². The Labute approximate surface area is 127 Å². The third-order valence-electron chi connectivity index (χ3n) is 3.31. The van der Waals surface area contributed by atoms with Gasteiger partial charge in [0.25, 0.3) is 0 Å². The van der Waals surface area contributed by atoms with E-state index in [0.717, 1.165) is 5.56 Å². The molecule has 0 saturated heterocycles. The standard InChI is InChI=1S/C16H13.Y/c1-11-13-7-3-5-9-15(13)12(2)16-10-6-4-8-14(11)16;/h3-10H,1H2,2H3;/q-1;. The molecule has 0 N–H and O–H groups in total. The Kier molecular flexibility index (Phi) is 3.56. The van der Waals surface area contributed by atoms with Gasteiger partial charge >= 0.3 is 0 Å². The van der Waals surface area contributed by atoms with E-state index in [2.05, 4.69) is 62.4 Å². The molecule has 3 aromatic rings. The van der Waals surface area contributed by atoms with Crippen LogP contribution in [0.2, 0.25) is 0 Å². The molecule has 0 saturated carbocycles. The van der Waals surface area contributed by atoms with Crippen LogP contribution < -0.4 is 0 Å². The molecule has 1 radical (unpaired) electrons. The summed E-state index contributed by atoms with van der Waals surface area (Å²) in [5.41, 5.74) is 2.48. The first-order valence-electron chi connectivity index (χ1n) is 5.51. The van der Waals surface area contributed by atoms with Crippen LogP contribution in [0.15, 0.2) is 48.5 Å². The predicted molar refractivity (Wildman–Crippen MR) is 70.7 cm³/mol. The summed E-state index contributed by atoms with van der Waals surface area (Å²) < 4.78 is 0. The smallest absolute Gasteiger partial charge is 0 e. The van der Waals surface area contributed by atoms with Gasteiger partial charge in [0.1, 0.15) is 0 Å². The molecule has 0 heterocycles. The first kappa shape index (κ1) is 12.6. The summed E-state index contributed by atoms with van der Waals surface area (Å²) in [4.78, 5) is 0. The van der Waals surface area contributed by atoms with Crippen LogP contribution in [0.1, 0.15) is 11.1 Å². The van der Waals surface area contributed by atoms with Crippen LogP contribution in [0.5, 0.6) is 0 Å². The topological polar surface area (TPSA) is 0 Å². The first-order valence-corrected chi connectivity index (χ1v) is 5.51. The van der Waals surface area contributed by atoms with Gasteiger partial charge in [-0.25, -0.2) is 0 Å². The average Bonchev–Trinajstić information content (AvgIpc) is 2.36. The molecule has 3 aromatic carbocycles. The normalized spacial score (nSPS) is 10.4. The molecule has 81 valence electrons. The van der Waals surface area contributed by atoms with Crippen molar-refractivity contribution in [2.45, 2.75) is 6.92 Å². The fourth-order valence-electron chi connectivity index (χ4n) is 2.44. The summed E-state index contributed by atoms with van der Waals surface area (Å²) in [5.74, 6) is 0. The minimum absolute atomic E-state index is 0. The van der Waals surface area contributed by atoms with Crippen LogP contribution in [0, 0.1) is 13.8 Å². The summed E-state index contributed by atoms with van der Waals surface area (Å²) in [6.07, 6.45) is 0. The van der Waals surface area contributed by atoms with E-state index in [0.29, 0.717) is 0 Å². The number of hydrogen-bond acceptors (Lipinski definition) is 0. The van der Waals surface area contributed by atoms with Crippen molar-refractivity contribution in [1.82, 2.24) is 0 Å². The van der Waals surface area contributed by atoms with Crippen molar-refractivity contribution in [3.05, 3.63) is 66.6 Å². The molecule has 0 unspecified atom stereocenters. The van der Waals surface area contributed by atoms with Gasteiger partial charge in [0.2, 0.25) is 0 Å². The van der Waals surface area contributed by atoms with E-state index in [-0.39, 0.29) is 32.7 Å². The fourth-order valence-corrected chi connectivity index (χ4v) is 2.44. The van der Waals surface area contributed by atoms with Crippen LogP contribution in [0.25, 0.3) is 21.5 Å². The third-order valence-corrected chi connectivity index (χ3v) is 3.31. The van der Waals surface area contributed by atoms with Gasteiger partial charge < -0.3 is 0 Å². The molecule has 0 bridgehead atoms. The first-order chi connectivity index (χ1) is 7.79. The summed E-state index contributed by atoms with van der Waals surface area (Å²) >= 11 is 0. The minimum Gasteiger partial charge on any atom is -0.198 e. The van der Waals surface area contributed by atoms with E-state index in [1.165, 1.54) is 27.1 Å². The molecule has 0 atom stereocenters. The molecule has 0 fully saturated rings. The van der Waals surface area contributed by atoms with Crippen LogP contribution in [-0.2, 0) is 32.7 Å². The Hall–Kier alpha value is -0.846. The van der Waals surface area contributed by atoms with Crippen molar-refractivity contribution < 1.29 is 32.7 Å². The maximum Gasteiger partial charge on any atom is 0 e. The summed E-state index contributed by atoms with van der Waals surface area (Å²) in [7, 11) is 0. The van der Waals surface area contributed by atoms with Gasteiger partial charge in [0, 0.05) is 32.7 Å². The van der Waals surface area contributed by atoms with Gasteiger partial charge in [-0.3, -0.25) is 0 Å². The molecule has 0 aromatic heterocycles. The van der Waals surface area contributed by atoms with E-state index >= 15 is 0 Å². The second-order valence-corrected chi connectivity index (χ2v) is 4.19. The van der Waals surface area contributed by atoms with E-state index in [1.54, 1.807) is 0 Å². The molecule has 0 spiro atoms. The number of fused-ring (bicyclic) bond motifs is 2. The van der Waals surface area contributed by atoms with Crippen molar-refractivity contribution in [2.24, 2.45) is 0 Å². The number of hydrogen-bond donors (Lipinski definition) is 0. The van der Waals surface area contributed by atoms with E-state index in [4.69, 9.17) is 0 Å². The zero-order chi connectivity index (χ0) is 11.1. The molecule has 17 heavy (non-hydrogen) atoms. The Morgan fingerprint density at radius 1 is 0.706 bits per heavy atom. The monoisotopic (exact) mass is 294 g/mol.